The number of nitrogens with zero attached hydrogens (tertiary/aromatic N) is 1. The second-order valence-corrected chi connectivity index (χ2v) is 4.48. The fraction of sp³-hybridized carbons (Fsp3) is 0.917. The van der Waals surface area contributed by atoms with Crippen molar-refractivity contribution < 1.29 is 4.79 Å². The molecule has 0 fully saturated rings. The van der Waals surface area contributed by atoms with Crippen molar-refractivity contribution in [1.82, 2.24) is 10.2 Å². The minimum Gasteiger partial charge on any atom is -0.352 e. The first-order valence-electron chi connectivity index (χ1n) is 6.21. The van der Waals surface area contributed by atoms with Gasteiger partial charge in [0.25, 0.3) is 0 Å². The van der Waals surface area contributed by atoms with Gasteiger partial charge in [-0.1, -0.05) is 13.8 Å². The molecule has 0 saturated heterocycles. The lowest BCUT2D eigenvalue weighted by molar-refractivity contribution is -0.121. The number of hydrogen-bond donors (Lipinski definition) is 1. The summed E-state index contributed by atoms with van der Waals surface area (Å²) in [7, 11) is 0. The van der Waals surface area contributed by atoms with E-state index < -0.39 is 0 Å². The molecule has 0 spiro atoms. The normalized spacial score (nSPS) is 12.8. The molecule has 1 unspecified atom stereocenters. The number of alkyl halides is 1. The number of hydrogen-bond acceptors (Lipinski definition) is 2. The van der Waals surface area contributed by atoms with Crippen LogP contribution in [0.5, 0.6) is 0 Å². The third kappa shape index (κ3) is 7.94. The molecule has 1 N–H and O–H groups in total. The summed E-state index contributed by atoms with van der Waals surface area (Å²) in [5.41, 5.74) is 0. The molecule has 16 heavy (non-hydrogen) atoms. The summed E-state index contributed by atoms with van der Waals surface area (Å²) in [6.07, 6.45) is 2.39. The molecule has 1 amide bonds. The summed E-state index contributed by atoms with van der Waals surface area (Å²) in [5.74, 6) is 0.784. The molecule has 3 nitrogen and oxygen atoms in total. The number of rotatable bonds is 9. The van der Waals surface area contributed by atoms with Crippen molar-refractivity contribution in [2.24, 2.45) is 0 Å². The van der Waals surface area contributed by atoms with E-state index in [4.69, 9.17) is 11.6 Å². The van der Waals surface area contributed by atoms with Crippen molar-refractivity contribution in [2.75, 3.05) is 25.5 Å². The van der Waals surface area contributed by atoms with Crippen LogP contribution < -0.4 is 5.32 Å². The lowest BCUT2D eigenvalue weighted by Gasteiger charge is -2.23. The standard InChI is InChI=1S/C12H25ClN2O/c1-4-15(5-2)10-11(3)14-12(16)8-6-7-9-13/h11H,4-10H2,1-3H3,(H,14,16). The van der Waals surface area contributed by atoms with E-state index in [2.05, 4.69) is 31.0 Å². The fourth-order valence-corrected chi connectivity index (χ4v) is 1.83. The SMILES string of the molecule is CCN(CC)CC(C)NC(=O)CCCCCl. The average Bonchev–Trinajstić information content (AvgIpc) is 2.26. The fourth-order valence-electron chi connectivity index (χ4n) is 1.64. The van der Waals surface area contributed by atoms with Gasteiger partial charge in [0.05, 0.1) is 0 Å². The summed E-state index contributed by atoms with van der Waals surface area (Å²) in [6, 6.07) is 0.225. The Labute approximate surface area is 105 Å². The highest BCUT2D eigenvalue weighted by Gasteiger charge is 2.09. The maximum atomic E-state index is 11.5. The molecule has 0 aromatic heterocycles. The highest BCUT2D eigenvalue weighted by atomic mass is 35.5. The highest BCUT2D eigenvalue weighted by Crippen LogP contribution is 1.98. The maximum absolute atomic E-state index is 11.5. The topological polar surface area (TPSA) is 32.3 Å². The number of unbranched alkanes of at least 4 members (excludes halogenated alkanes) is 1. The molecule has 96 valence electrons. The van der Waals surface area contributed by atoms with Crippen molar-refractivity contribution in [3.8, 4) is 0 Å². The highest BCUT2D eigenvalue weighted by molar-refractivity contribution is 6.17. The van der Waals surface area contributed by atoms with Crippen LogP contribution in [0.25, 0.3) is 0 Å². The van der Waals surface area contributed by atoms with Crippen LogP contribution in [0.15, 0.2) is 0 Å². The average molecular weight is 249 g/mol. The van der Waals surface area contributed by atoms with Crippen LogP contribution in [-0.2, 0) is 4.79 Å². The van der Waals surface area contributed by atoms with E-state index in [1.807, 2.05) is 0 Å². The Morgan fingerprint density at radius 1 is 1.31 bits per heavy atom. The van der Waals surface area contributed by atoms with E-state index in [0.717, 1.165) is 32.5 Å². The third-order valence-corrected chi connectivity index (χ3v) is 2.89. The number of nitrogens with one attached hydrogen (secondary N) is 1. The van der Waals surface area contributed by atoms with Gasteiger partial charge in [0.1, 0.15) is 0 Å². The van der Waals surface area contributed by atoms with Gasteiger partial charge in [0.15, 0.2) is 0 Å². The number of carbonyl (C=O) groups is 1. The first kappa shape index (κ1) is 15.7. The molecular formula is C12H25ClN2O. The molecule has 0 heterocycles. The smallest absolute Gasteiger partial charge is 0.220 e. The lowest BCUT2D eigenvalue weighted by atomic mass is 10.2. The van der Waals surface area contributed by atoms with Crippen LogP contribution in [0.4, 0.5) is 0 Å². The predicted octanol–water partition coefficient (Wildman–Crippen LogP) is 2.24. The van der Waals surface area contributed by atoms with Gasteiger partial charge in [-0.05, 0) is 32.9 Å². The van der Waals surface area contributed by atoms with E-state index in [1.165, 1.54) is 0 Å². The molecule has 0 aliphatic rings. The Balaban J connectivity index is 3.68. The van der Waals surface area contributed by atoms with E-state index in [9.17, 15) is 4.79 Å². The molecule has 0 radical (unpaired) electrons. The van der Waals surface area contributed by atoms with Crippen LogP contribution in [0, 0.1) is 0 Å². The van der Waals surface area contributed by atoms with Gasteiger partial charge in [0, 0.05) is 24.9 Å². The van der Waals surface area contributed by atoms with Gasteiger partial charge >= 0.3 is 0 Å². The Hall–Kier alpha value is -0.280. The van der Waals surface area contributed by atoms with Gasteiger partial charge < -0.3 is 10.2 Å². The predicted molar refractivity (Wildman–Crippen MR) is 70.0 cm³/mol. The summed E-state index contributed by atoms with van der Waals surface area (Å²) >= 11 is 5.56. The van der Waals surface area contributed by atoms with E-state index in [0.29, 0.717) is 12.3 Å². The van der Waals surface area contributed by atoms with Crippen LogP contribution >= 0.6 is 11.6 Å². The largest absolute Gasteiger partial charge is 0.352 e. The quantitative estimate of drug-likeness (QED) is 0.501. The minimum atomic E-state index is 0.143. The van der Waals surface area contributed by atoms with E-state index in [1.54, 1.807) is 0 Å². The Kier molecular flexibility index (Phi) is 9.74. The maximum Gasteiger partial charge on any atom is 0.220 e. The third-order valence-electron chi connectivity index (χ3n) is 2.62. The second-order valence-electron chi connectivity index (χ2n) is 4.10. The van der Waals surface area contributed by atoms with Gasteiger partial charge in [0.2, 0.25) is 5.91 Å². The Bertz CT molecular complexity index is 184. The molecule has 0 aromatic rings. The summed E-state index contributed by atoms with van der Waals surface area (Å²) in [6.45, 7) is 9.31. The van der Waals surface area contributed by atoms with Crippen molar-refractivity contribution >= 4 is 17.5 Å². The number of amides is 1. The van der Waals surface area contributed by atoms with Crippen LogP contribution in [0.1, 0.15) is 40.0 Å². The second kappa shape index (κ2) is 9.91. The van der Waals surface area contributed by atoms with Gasteiger partial charge in [-0.15, -0.1) is 11.6 Å². The molecule has 0 saturated carbocycles. The van der Waals surface area contributed by atoms with Crippen LogP contribution in [-0.4, -0.2) is 42.4 Å². The van der Waals surface area contributed by atoms with Crippen molar-refractivity contribution in [2.45, 2.75) is 46.1 Å². The molecular weight excluding hydrogens is 224 g/mol. The zero-order valence-electron chi connectivity index (χ0n) is 10.8. The van der Waals surface area contributed by atoms with Gasteiger partial charge in [-0.3, -0.25) is 4.79 Å². The lowest BCUT2D eigenvalue weighted by Crippen LogP contribution is -2.41. The first-order chi connectivity index (χ1) is 7.63. The molecule has 0 aliphatic carbocycles. The number of carbonyl (C=O) groups excluding carboxylic acids is 1. The number of likely N-dealkylation sites (N-methyl/N-ethyl adjacent to an activating group) is 1. The molecule has 4 heteroatoms. The van der Waals surface area contributed by atoms with Crippen molar-refractivity contribution in [3.05, 3.63) is 0 Å². The first-order valence-corrected chi connectivity index (χ1v) is 6.75. The summed E-state index contributed by atoms with van der Waals surface area (Å²) < 4.78 is 0. The monoisotopic (exact) mass is 248 g/mol. The van der Waals surface area contributed by atoms with Crippen molar-refractivity contribution in [1.29, 1.82) is 0 Å². The molecule has 1 atom stereocenters. The van der Waals surface area contributed by atoms with E-state index in [-0.39, 0.29) is 11.9 Å². The molecule has 0 bridgehead atoms. The Morgan fingerprint density at radius 3 is 2.44 bits per heavy atom. The van der Waals surface area contributed by atoms with Crippen molar-refractivity contribution in [3.63, 3.8) is 0 Å². The zero-order chi connectivity index (χ0) is 12.4. The Morgan fingerprint density at radius 2 is 1.94 bits per heavy atom. The van der Waals surface area contributed by atoms with Crippen LogP contribution in [0.3, 0.4) is 0 Å². The molecule has 0 aliphatic heterocycles. The zero-order valence-corrected chi connectivity index (χ0v) is 11.5. The molecule has 0 aromatic carbocycles. The van der Waals surface area contributed by atoms with Gasteiger partial charge in [-0.25, -0.2) is 0 Å². The summed E-state index contributed by atoms with van der Waals surface area (Å²) in [5, 5.41) is 3.01. The van der Waals surface area contributed by atoms with E-state index >= 15 is 0 Å². The van der Waals surface area contributed by atoms with Crippen LogP contribution in [0.2, 0.25) is 0 Å². The summed E-state index contributed by atoms with van der Waals surface area (Å²) in [4.78, 5) is 13.8. The van der Waals surface area contributed by atoms with Gasteiger partial charge in [-0.2, -0.15) is 0 Å². The number of halogens is 1. The molecule has 0 rings (SSSR count). The minimum absolute atomic E-state index is 0.143.